The van der Waals surface area contributed by atoms with Gasteiger partial charge in [0, 0.05) is 29.9 Å². The number of hydrogen-bond acceptors (Lipinski definition) is 4. The second-order valence-corrected chi connectivity index (χ2v) is 7.75. The molecule has 0 aromatic heterocycles. The second-order valence-electron chi connectivity index (χ2n) is 5.19. The summed E-state index contributed by atoms with van der Waals surface area (Å²) in [5.74, 6) is -0.820. The van der Waals surface area contributed by atoms with Gasteiger partial charge in [0.1, 0.15) is 4.90 Å². The van der Waals surface area contributed by atoms with Gasteiger partial charge in [-0.2, -0.15) is 0 Å². The van der Waals surface area contributed by atoms with Crippen LogP contribution in [0.4, 0.5) is 24.5 Å². The lowest BCUT2D eigenvalue weighted by Gasteiger charge is -2.16. The summed E-state index contributed by atoms with van der Waals surface area (Å²) in [5, 5.41) is 0. The average molecular weight is 439 g/mol. The molecule has 2 rings (SSSR count). The van der Waals surface area contributed by atoms with Crippen molar-refractivity contribution >= 4 is 37.3 Å². The molecule has 1 N–H and O–H groups in total. The largest absolute Gasteiger partial charge is 0.573 e. The smallest absolute Gasteiger partial charge is 0.404 e. The third-order valence-corrected chi connectivity index (χ3v) is 4.97. The van der Waals surface area contributed by atoms with Gasteiger partial charge in [-0.05, 0) is 42.5 Å². The number of rotatable bonds is 5. The summed E-state index contributed by atoms with van der Waals surface area (Å²) in [5.41, 5.74) is 1.05. The Morgan fingerprint density at radius 2 is 1.68 bits per heavy atom. The number of alkyl halides is 3. The van der Waals surface area contributed by atoms with E-state index in [9.17, 15) is 21.6 Å². The van der Waals surface area contributed by atoms with Crippen molar-refractivity contribution in [3.05, 3.63) is 46.9 Å². The summed E-state index contributed by atoms with van der Waals surface area (Å²) in [6.07, 6.45) is -5.02. The van der Waals surface area contributed by atoms with Crippen LogP contribution in [0.15, 0.2) is 51.8 Å². The van der Waals surface area contributed by atoms with E-state index in [0.29, 0.717) is 0 Å². The van der Waals surface area contributed by atoms with E-state index in [1.165, 1.54) is 18.2 Å². The number of anilines is 2. The minimum atomic E-state index is -5.02. The van der Waals surface area contributed by atoms with Crippen LogP contribution in [0.1, 0.15) is 0 Å². The highest BCUT2D eigenvalue weighted by Gasteiger charge is 2.34. The van der Waals surface area contributed by atoms with Crippen molar-refractivity contribution in [1.82, 2.24) is 0 Å². The SMILES string of the molecule is CN(C)c1ccc(NS(=O)(=O)c2ccc(Br)cc2OC(F)(F)F)cc1. The first kappa shape index (κ1) is 19.4. The van der Waals surface area contributed by atoms with Crippen LogP contribution < -0.4 is 14.4 Å². The predicted octanol–water partition coefficient (Wildman–Crippen LogP) is 4.21. The van der Waals surface area contributed by atoms with Gasteiger partial charge in [-0.25, -0.2) is 8.42 Å². The lowest BCUT2D eigenvalue weighted by molar-refractivity contribution is -0.275. The zero-order chi connectivity index (χ0) is 18.8. The van der Waals surface area contributed by atoms with E-state index >= 15 is 0 Å². The van der Waals surface area contributed by atoms with Crippen LogP contribution in [-0.4, -0.2) is 28.9 Å². The molecule has 2 aromatic carbocycles. The first-order chi connectivity index (χ1) is 11.5. The Labute approximate surface area is 151 Å². The van der Waals surface area contributed by atoms with Gasteiger partial charge in [0.2, 0.25) is 0 Å². The fourth-order valence-electron chi connectivity index (χ4n) is 1.95. The molecule has 0 aliphatic carbocycles. The molecule has 0 heterocycles. The van der Waals surface area contributed by atoms with Gasteiger partial charge >= 0.3 is 6.36 Å². The molecular formula is C15H14BrF3N2O3S. The van der Waals surface area contributed by atoms with Gasteiger partial charge in [-0.1, -0.05) is 15.9 Å². The van der Waals surface area contributed by atoms with Crippen LogP contribution >= 0.6 is 15.9 Å². The lowest BCUT2D eigenvalue weighted by atomic mass is 10.3. The fraction of sp³-hybridized carbons (Fsp3) is 0.200. The Balaban J connectivity index is 2.36. The number of ether oxygens (including phenoxy) is 1. The fourth-order valence-corrected chi connectivity index (χ4v) is 3.46. The van der Waals surface area contributed by atoms with Crippen molar-refractivity contribution in [3.8, 4) is 5.75 Å². The lowest BCUT2D eigenvalue weighted by Crippen LogP contribution is -2.21. The molecule has 0 radical (unpaired) electrons. The Morgan fingerprint density at radius 1 is 1.08 bits per heavy atom. The quantitative estimate of drug-likeness (QED) is 0.759. The summed E-state index contributed by atoms with van der Waals surface area (Å²) < 4.78 is 68.8. The standard InChI is InChI=1S/C15H14BrF3N2O3S/c1-21(2)12-6-4-11(5-7-12)20-25(22,23)14-8-3-10(16)9-13(14)24-15(17,18)19/h3-9,20H,1-2H3. The molecule has 25 heavy (non-hydrogen) atoms. The van der Waals surface area contributed by atoms with Gasteiger partial charge in [0.15, 0.2) is 5.75 Å². The van der Waals surface area contributed by atoms with E-state index < -0.39 is 27.0 Å². The van der Waals surface area contributed by atoms with Crippen LogP contribution in [-0.2, 0) is 10.0 Å². The van der Waals surface area contributed by atoms with Crippen LogP contribution in [0.5, 0.6) is 5.75 Å². The van der Waals surface area contributed by atoms with Gasteiger partial charge in [0.05, 0.1) is 0 Å². The zero-order valence-corrected chi connectivity index (χ0v) is 15.5. The van der Waals surface area contributed by atoms with Crippen LogP contribution in [0, 0.1) is 0 Å². The predicted molar refractivity (Wildman–Crippen MR) is 92.4 cm³/mol. The van der Waals surface area contributed by atoms with Crippen molar-refractivity contribution in [2.45, 2.75) is 11.3 Å². The Kier molecular flexibility index (Phi) is 5.52. The van der Waals surface area contributed by atoms with Crippen LogP contribution in [0.3, 0.4) is 0 Å². The van der Waals surface area contributed by atoms with Crippen molar-refractivity contribution in [1.29, 1.82) is 0 Å². The summed E-state index contributed by atoms with van der Waals surface area (Å²) in [4.78, 5) is 1.20. The van der Waals surface area contributed by atoms with E-state index in [1.54, 1.807) is 12.1 Å². The Hall–Kier alpha value is -1.94. The van der Waals surface area contributed by atoms with Crippen molar-refractivity contribution in [3.63, 3.8) is 0 Å². The maximum absolute atomic E-state index is 12.5. The van der Waals surface area contributed by atoms with Crippen molar-refractivity contribution < 1.29 is 26.3 Å². The maximum Gasteiger partial charge on any atom is 0.573 e. The number of nitrogens with zero attached hydrogens (tertiary/aromatic N) is 1. The molecule has 0 fully saturated rings. The normalized spacial score (nSPS) is 11.9. The zero-order valence-electron chi connectivity index (χ0n) is 13.1. The topological polar surface area (TPSA) is 58.6 Å². The van der Waals surface area contributed by atoms with E-state index in [1.807, 2.05) is 19.0 Å². The van der Waals surface area contributed by atoms with Gasteiger partial charge < -0.3 is 9.64 Å². The molecule has 0 atom stereocenters. The average Bonchev–Trinajstić information content (AvgIpc) is 2.45. The number of benzene rings is 2. The minimum Gasteiger partial charge on any atom is -0.404 e. The highest BCUT2D eigenvalue weighted by Crippen LogP contribution is 2.33. The second kappa shape index (κ2) is 7.12. The number of halogens is 4. The highest BCUT2D eigenvalue weighted by molar-refractivity contribution is 9.10. The molecule has 10 heteroatoms. The molecule has 0 unspecified atom stereocenters. The first-order valence-electron chi connectivity index (χ1n) is 6.83. The van der Waals surface area contributed by atoms with Crippen LogP contribution in [0.25, 0.3) is 0 Å². The molecule has 0 aliphatic heterocycles. The molecule has 2 aromatic rings. The maximum atomic E-state index is 12.5. The highest BCUT2D eigenvalue weighted by atomic mass is 79.9. The number of hydrogen-bond donors (Lipinski definition) is 1. The summed E-state index contributed by atoms with van der Waals surface area (Å²) >= 11 is 2.99. The van der Waals surface area contributed by atoms with E-state index in [0.717, 1.165) is 17.8 Å². The Bertz CT molecular complexity index is 853. The van der Waals surface area contributed by atoms with E-state index in [2.05, 4.69) is 25.4 Å². The van der Waals surface area contributed by atoms with Gasteiger partial charge in [-0.15, -0.1) is 13.2 Å². The third-order valence-electron chi connectivity index (χ3n) is 3.06. The summed E-state index contributed by atoms with van der Waals surface area (Å²) in [6, 6.07) is 9.65. The molecule has 0 saturated heterocycles. The van der Waals surface area contributed by atoms with Crippen molar-refractivity contribution in [2.75, 3.05) is 23.7 Å². The Morgan fingerprint density at radius 3 is 2.20 bits per heavy atom. The van der Waals surface area contributed by atoms with Gasteiger partial charge in [-0.3, -0.25) is 4.72 Å². The summed E-state index contributed by atoms with van der Waals surface area (Å²) in [7, 11) is -0.633. The molecule has 0 aliphatic rings. The molecule has 0 bridgehead atoms. The first-order valence-corrected chi connectivity index (χ1v) is 9.11. The minimum absolute atomic E-state index is 0.214. The van der Waals surface area contributed by atoms with E-state index in [-0.39, 0.29) is 10.2 Å². The summed E-state index contributed by atoms with van der Waals surface area (Å²) in [6.45, 7) is 0. The molecule has 5 nitrogen and oxygen atoms in total. The molecule has 0 saturated carbocycles. The van der Waals surface area contributed by atoms with Crippen molar-refractivity contribution in [2.24, 2.45) is 0 Å². The monoisotopic (exact) mass is 438 g/mol. The molecular weight excluding hydrogens is 425 g/mol. The third kappa shape index (κ3) is 5.27. The molecule has 0 spiro atoms. The van der Waals surface area contributed by atoms with Gasteiger partial charge in [0.25, 0.3) is 10.0 Å². The number of sulfonamides is 1. The number of nitrogens with one attached hydrogen (secondary N) is 1. The van der Waals surface area contributed by atoms with Crippen LogP contribution in [0.2, 0.25) is 0 Å². The molecule has 136 valence electrons. The molecule has 0 amide bonds. The van der Waals surface area contributed by atoms with E-state index in [4.69, 9.17) is 0 Å².